The van der Waals surface area contributed by atoms with E-state index in [4.69, 9.17) is 14.2 Å². The van der Waals surface area contributed by atoms with Gasteiger partial charge in [-0.25, -0.2) is 0 Å². The van der Waals surface area contributed by atoms with E-state index in [-0.39, 0.29) is 25.2 Å². The molecule has 8 nitrogen and oxygen atoms in total. The summed E-state index contributed by atoms with van der Waals surface area (Å²) in [6.07, 6.45) is 3.61. The van der Waals surface area contributed by atoms with Crippen molar-refractivity contribution in [2.75, 3.05) is 31.8 Å². The standard InChI is InChI=1S/C36H44N2O6/c1-6-9-16-42-27-12-10-26(11-13-27)34-32(36(40)41)29(28-14-15-30-35(23(28)5)44-21-43-30)19-38(34)20-31(39)37-33-24(7-2)17-22(4)18-25(33)8-3/h10-15,17-18,29,32,34H,6-9,16,19-21H2,1-5H3,(H,37,39)(H,40,41)/t29-,32?,34+/m1/s1. The molecule has 0 radical (unpaired) electrons. The lowest BCUT2D eigenvalue weighted by atomic mass is 9.81. The van der Waals surface area contributed by atoms with Gasteiger partial charge in [-0.15, -0.1) is 0 Å². The monoisotopic (exact) mass is 600 g/mol. The summed E-state index contributed by atoms with van der Waals surface area (Å²) in [4.78, 5) is 28.8. The van der Waals surface area contributed by atoms with Gasteiger partial charge in [0.25, 0.3) is 0 Å². The zero-order chi connectivity index (χ0) is 31.4. The lowest BCUT2D eigenvalue weighted by molar-refractivity contribution is -0.143. The van der Waals surface area contributed by atoms with Gasteiger partial charge in [-0.1, -0.05) is 63.1 Å². The molecule has 1 unspecified atom stereocenters. The smallest absolute Gasteiger partial charge is 0.309 e. The van der Waals surface area contributed by atoms with Crippen LogP contribution < -0.4 is 19.5 Å². The summed E-state index contributed by atoms with van der Waals surface area (Å²) >= 11 is 0. The van der Waals surface area contributed by atoms with Crippen LogP contribution in [0.5, 0.6) is 17.2 Å². The predicted molar refractivity (Wildman–Crippen MR) is 171 cm³/mol. The first-order chi connectivity index (χ1) is 21.2. The van der Waals surface area contributed by atoms with Crippen molar-refractivity contribution in [2.24, 2.45) is 5.92 Å². The molecule has 0 saturated carbocycles. The number of carbonyl (C=O) groups excluding carboxylic acids is 1. The summed E-state index contributed by atoms with van der Waals surface area (Å²) in [6.45, 7) is 11.6. The van der Waals surface area contributed by atoms with E-state index in [2.05, 4.69) is 45.1 Å². The first-order valence-electron chi connectivity index (χ1n) is 15.8. The fraction of sp³-hybridized carbons (Fsp3) is 0.444. The lowest BCUT2D eigenvalue weighted by Crippen LogP contribution is -2.35. The molecule has 0 aliphatic carbocycles. The van der Waals surface area contributed by atoms with Crippen LogP contribution in [-0.4, -0.2) is 48.4 Å². The number of hydrogen-bond acceptors (Lipinski definition) is 6. The van der Waals surface area contributed by atoms with Gasteiger partial charge in [-0.2, -0.15) is 0 Å². The van der Waals surface area contributed by atoms with Crippen LogP contribution in [0, 0.1) is 19.8 Å². The number of amides is 1. The van der Waals surface area contributed by atoms with Crippen molar-refractivity contribution in [1.82, 2.24) is 4.90 Å². The number of aryl methyl sites for hydroxylation is 3. The third-order valence-corrected chi connectivity index (χ3v) is 8.92. The van der Waals surface area contributed by atoms with Gasteiger partial charge in [0.2, 0.25) is 12.7 Å². The minimum Gasteiger partial charge on any atom is -0.494 e. The van der Waals surface area contributed by atoms with Gasteiger partial charge in [0, 0.05) is 24.2 Å². The maximum Gasteiger partial charge on any atom is 0.309 e. The zero-order valence-corrected chi connectivity index (χ0v) is 26.4. The molecule has 0 aromatic heterocycles. The number of unbranched alkanes of at least 4 members (excludes halogenated alkanes) is 1. The minimum atomic E-state index is -0.900. The Morgan fingerprint density at radius 2 is 1.70 bits per heavy atom. The summed E-state index contributed by atoms with van der Waals surface area (Å²) in [5.41, 5.74) is 6.86. The average Bonchev–Trinajstić information content (AvgIpc) is 3.64. The van der Waals surface area contributed by atoms with E-state index < -0.39 is 17.9 Å². The number of rotatable bonds is 12. The minimum absolute atomic E-state index is 0.0590. The molecule has 2 aliphatic rings. The normalized spacial score (nSPS) is 19.2. The number of ether oxygens (including phenoxy) is 3. The summed E-state index contributed by atoms with van der Waals surface area (Å²) in [5, 5.41) is 13.9. The number of benzene rings is 3. The fourth-order valence-corrected chi connectivity index (χ4v) is 6.75. The Hall–Kier alpha value is -4.04. The molecule has 5 rings (SSSR count). The maximum atomic E-state index is 13.8. The molecule has 8 heteroatoms. The molecule has 234 valence electrons. The zero-order valence-electron chi connectivity index (χ0n) is 26.4. The van der Waals surface area contributed by atoms with Gasteiger partial charge >= 0.3 is 5.97 Å². The molecule has 3 aromatic rings. The largest absolute Gasteiger partial charge is 0.494 e. The maximum absolute atomic E-state index is 13.8. The molecule has 2 N–H and O–H groups in total. The van der Waals surface area contributed by atoms with Crippen LogP contribution in [0.3, 0.4) is 0 Å². The Balaban J connectivity index is 1.49. The second-order valence-corrected chi connectivity index (χ2v) is 11.8. The highest BCUT2D eigenvalue weighted by Gasteiger charge is 2.48. The molecule has 3 aromatic carbocycles. The number of likely N-dealkylation sites (tertiary alicyclic amines) is 1. The fourth-order valence-electron chi connectivity index (χ4n) is 6.75. The van der Waals surface area contributed by atoms with Crippen molar-refractivity contribution >= 4 is 17.6 Å². The van der Waals surface area contributed by atoms with E-state index in [0.717, 1.165) is 64.9 Å². The highest BCUT2D eigenvalue weighted by Crippen LogP contribution is 2.49. The molecule has 1 fully saturated rings. The van der Waals surface area contributed by atoms with Crippen molar-refractivity contribution in [3.8, 4) is 17.2 Å². The molecule has 1 amide bonds. The Morgan fingerprint density at radius 1 is 1.00 bits per heavy atom. The molecule has 1 saturated heterocycles. The van der Waals surface area contributed by atoms with E-state index in [1.165, 1.54) is 5.56 Å². The molecule has 44 heavy (non-hydrogen) atoms. The topological polar surface area (TPSA) is 97.3 Å². The molecule has 0 spiro atoms. The summed E-state index contributed by atoms with van der Waals surface area (Å²) in [7, 11) is 0. The number of anilines is 1. The van der Waals surface area contributed by atoms with E-state index >= 15 is 0 Å². The van der Waals surface area contributed by atoms with Gasteiger partial charge in [-0.05, 0) is 79.1 Å². The number of aliphatic carboxylic acids is 1. The van der Waals surface area contributed by atoms with Crippen LogP contribution in [0.4, 0.5) is 5.69 Å². The molecule has 2 aliphatic heterocycles. The van der Waals surface area contributed by atoms with Crippen LogP contribution >= 0.6 is 0 Å². The highest BCUT2D eigenvalue weighted by atomic mass is 16.7. The summed E-state index contributed by atoms with van der Waals surface area (Å²) in [5.74, 6) is -0.135. The van der Waals surface area contributed by atoms with Gasteiger partial charge < -0.3 is 24.6 Å². The Labute approximate surface area is 260 Å². The summed E-state index contributed by atoms with van der Waals surface area (Å²) < 4.78 is 17.2. The van der Waals surface area contributed by atoms with Gasteiger partial charge in [0.05, 0.1) is 19.1 Å². The molecule has 2 heterocycles. The number of hydrogen-bond donors (Lipinski definition) is 2. The van der Waals surface area contributed by atoms with Crippen molar-refractivity contribution < 1.29 is 28.9 Å². The summed E-state index contributed by atoms with van der Waals surface area (Å²) in [6, 6.07) is 15.2. The van der Waals surface area contributed by atoms with Crippen LogP contribution in [-0.2, 0) is 22.4 Å². The number of nitrogens with zero attached hydrogens (tertiary/aromatic N) is 1. The molecule has 0 bridgehead atoms. The number of carboxylic acids is 1. The highest BCUT2D eigenvalue weighted by molar-refractivity contribution is 5.94. The quantitative estimate of drug-likeness (QED) is 0.220. The number of carboxylic acid groups (broad SMARTS) is 1. The van der Waals surface area contributed by atoms with Crippen molar-refractivity contribution in [1.29, 1.82) is 0 Å². The first-order valence-corrected chi connectivity index (χ1v) is 15.8. The van der Waals surface area contributed by atoms with Crippen molar-refractivity contribution in [3.05, 3.63) is 81.9 Å². The van der Waals surface area contributed by atoms with Crippen LogP contribution in [0.1, 0.15) is 79.0 Å². The van der Waals surface area contributed by atoms with E-state index in [9.17, 15) is 14.7 Å². The number of nitrogens with one attached hydrogen (secondary N) is 1. The van der Waals surface area contributed by atoms with E-state index in [0.29, 0.717) is 24.7 Å². The van der Waals surface area contributed by atoms with Crippen molar-refractivity contribution in [3.63, 3.8) is 0 Å². The van der Waals surface area contributed by atoms with Gasteiger partial charge in [0.15, 0.2) is 11.5 Å². The van der Waals surface area contributed by atoms with Gasteiger partial charge in [-0.3, -0.25) is 14.5 Å². The number of fused-ring (bicyclic) bond motifs is 1. The van der Waals surface area contributed by atoms with Crippen LogP contribution in [0.25, 0.3) is 0 Å². The SMILES string of the molecule is CCCCOc1ccc([C@H]2C(C(=O)O)[C@@H](c3ccc4c(c3C)OCO4)CN2CC(=O)Nc2c(CC)cc(C)cc2CC)cc1. The van der Waals surface area contributed by atoms with E-state index in [1.807, 2.05) is 48.2 Å². The second kappa shape index (κ2) is 13.7. The predicted octanol–water partition coefficient (Wildman–Crippen LogP) is 6.82. The molecule has 3 atom stereocenters. The number of carbonyl (C=O) groups is 2. The molecular weight excluding hydrogens is 556 g/mol. The lowest BCUT2D eigenvalue weighted by Gasteiger charge is -2.27. The Morgan fingerprint density at radius 3 is 2.34 bits per heavy atom. The van der Waals surface area contributed by atoms with Crippen LogP contribution in [0.15, 0.2) is 48.5 Å². The Bertz CT molecular complexity index is 1480. The van der Waals surface area contributed by atoms with E-state index in [1.54, 1.807) is 0 Å². The first kappa shape index (κ1) is 31.4. The van der Waals surface area contributed by atoms with Crippen LogP contribution in [0.2, 0.25) is 0 Å². The van der Waals surface area contributed by atoms with Crippen molar-refractivity contribution in [2.45, 2.75) is 72.3 Å². The third-order valence-electron chi connectivity index (χ3n) is 8.92. The third kappa shape index (κ3) is 6.41. The van der Waals surface area contributed by atoms with Gasteiger partial charge in [0.1, 0.15) is 5.75 Å². The Kier molecular flexibility index (Phi) is 9.79. The second-order valence-electron chi connectivity index (χ2n) is 11.8. The average molecular weight is 601 g/mol. The molecular formula is C36H44N2O6.